The molecule has 0 aliphatic carbocycles. The first kappa shape index (κ1) is 10.7. The monoisotopic (exact) mass is 214 g/mol. The first-order chi connectivity index (χ1) is 6.60. The number of halogens is 1. The summed E-state index contributed by atoms with van der Waals surface area (Å²) in [5.74, 6) is 0.823. The van der Waals surface area contributed by atoms with Gasteiger partial charge in [0, 0.05) is 6.07 Å². The highest BCUT2D eigenvalue weighted by atomic mass is 35.5. The molecule has 0 amide bonds. The summed E-state index contributed by atoms with van der Waals surface area (Å²) in [7, 11) is 2.99. The van der Waals surface area contributed by atoms with Crippen molar-refractivity contribution in [1.29, 1.82) is 5.41 Å². The number of amidine groups is 1. The van der Waals surface area contributed by atoms with Gasteiger partial charge in [0.15, 0.2) is 0 Å². The fourth-order valence-electron chi connectivity index (χ4n) is 1.09. The predicted octanol–water partition coefficient (Wildman–Crippen LogP) is 1.64. The first-order valence-electron chi connectivity index (χ1n) is 3.86. The van der Waals surface area contributed by atoms with Crippen LogP contribution < -0.4 is 15.2 Å². The van der Waals surface area contributed by atoms with Crippen molar-refractivity contribution in [3.05, 3.63) is 22.7 Å². The molecule has 0 aliphatic rings. The van der Waals surface area contributed by atoms with E-state index >= 15 is 0 Å². The maximum Gasteiger partial charge on any atom is 0.148 e. The maximum atomic E-state index is 7.33. The summed E-state index contributed by atoms with van der Waals surface area (Å²) < 4.78 is 10.0. The second-order valence-corrected chi connectivity index (χ2v) is 3.01. The SMILES string of the molecule is COc1cc(Cl)c(OC)c(C(=N)N)c1. The van der Waals surface area contributed by atoms with Gasteiger partial charge in [-0.1, -0.05) is 11.6 Å². The molecule has 0 saturated heterocycles. The lowest BCUT2D eigenvalue weighted by atomic mass is 10.1. The second kappa shape index (κ2) is 4.19. The molecular formula is C9H11ClN2O2. The van der Waals surface area contributed by atoms with Crippen LogP contribution in [0.3, 0.4) is 0 Å². The zero-order chi connectivity index (χ0) is 10.7. The number of rotatable bonds is 3. The van der Waals surface area contributed by atoms with Gasteiger partial charge in [-0.05, 0) is 6.07 Å². The van der Waals surface area contributed by atoms with Gasteiger partial charge in [0.1, 0.15) is 17.3 Å². The Hall–Kier alpha value is -1.42. The molecule has 0 bridgehead atoms. The molecular weight excluding hydrogens is 204 g/mol. The Balaban J connectivity index is 3.35. The highest BCUT2D eigenvalue weighted by Gasteiger charge is 2.12. The third kappa shape index (κ3) is 1.90. The van der Waals surface area contributed by atoms with Crippen LogP contribution in [0.1, 0.15) is 5.56 Å². The molecule has 1 aromatic carbocycles. The van der Waals surface area contributed by atoms with E-state index in [1.807, 2.05) is 0 Å². The van der Waals surface area contributed by atoms with Crippen LogP contribution >= 0.6 is 11.6 Å². The predicted molar refractivity (Wildman–Crippen MR) is 55.6 cm³/mol. The van der Waals surface area contributed by atoms with Crippen LogP contribution in [-0.2, 0) is 0 Å². The number of ether oxygens (including phenoxy) is 2. The molecule has 0 saturated carbocycles. The van der Waals surface area contributed by atoms with Crippen molar-refractivity contribution in [2.24, 2.45) is 5.73 Å². The number of nitrogens with two attached hydrogens (primary N) is 1. The van der Waals surface area contributed by atoms with Gasteiger partial charge in [0.2, 0.25) is 0 Å². The average molecular weight is 215 g/mol. The number of hydrogen-bond donors (Lipinski definition) is 2. The standard InChI is InChI=1S/C9H11ClN2O2/c1-13-5-3-6(9(11)12)8(14-2)7(10)4-5/h3-4H,1-2H3,(H3,11,12). The van der Waals surface area contributed by atoms with Gasteiger partial charge in [-0.25, -0.2) is 0 Å². The van der Waals surface area contributed by atoms with Crippen LogP contribution in [0.4, 0.5) is 0 Å². The van der Waals surface area contributed by atoms with Crippen molar-refractivity contribution < 1.29 is 9.47 Å². The molecule has 0 fully saturated rings. The molecule has 0 aromatic heterocycles. The normalized spacial score (nSPS) is 9.64. The van der Waals surface area contributed by atoms with E-state index in [0.717, 1.165) is 0 Å². The highest BCUT2D eigenvalue weighted by Crippen LogP contribution is 2.32. The van der Waals surface area contributed by atoms with Gasteiger partial charge < -0.3 is 15.2 Å². The Labute approximate surface area is 87.1 Å². The lowest BCUT2D eigenvalue weighted by molar-refractivity contribution is 0.402. The average Bonchev–Trinajstić information content (AvgIpc) is 2.16. The van der Waals surface area contributed by atoms with Crippen LogP contribution in [-0.4, -0.2) is 20.1 Å². The minimum Gasteiger partial charge on any atom is -0.497 e. The number of hydrogen-bond acceptors (Lipinski definition) is 3. The lowest BCUT2D eigenvalue weighted by Crippen LogP contribution is -2.13. The molecule has 0 spiro atoms. The second-order valence-electron chi connectivity index (χ2n) is 2.60. The number of nitrogen functional groups attached to an aromatic ring is 1. The van der Waals surface area contributed by atoms with Crippen molar-refractivity contribution >= 4 is 17.4 Å². The summed E-state index contributed by atoms with van der Waals surface area (Å²) in [6.45, 7) is 0. The van der Waals surface area contributed by atoms with E-state index in [-0.39, 0.29) is 5.84 Å². The van der Waals surface area contributed by atoms with E-state index in [2.05, 4.69) is 0 Å². The fraction of sp³-hybridized carbons (Fsp3) is 0.222. The Morgan fingerprint density at radius 1 is 1.36 bits per heavy atom. The van der Waals surface area contributed by atoms with Gasteiger partial charge in [-0.15, -0.1) is 0 Å². The van der Waals surface area contributed by atoms with Crippen LogP contribution in [0, 0.1) is 5.41 Å². The zero-order valence-electron chi connectivity index (χ0n) is 7.93. The van der Waals surface area contributed by atoms with Gasteiger partial charge in [-0.2, -0.15) is 0 Å². The van der Waals surface area contributed by atoms with E-state index in [0.29, 0.717) is 22.1 Å². The molecule has 76 valence electrons. The third-order valence-electron chi connectivity index (χ3n) is 1.75. The molecule has 14 heavy (non-hydrogen) atoms. The molecule has 5 heteroatoms. The van der Waals surface area contributed by atoms with Gasteiger partial charge >= 0.3 is 0 Å². The summed E-state index contributed by atoms with van der Waals surface area (Å²) in [4.78, 5) is 0. The maximum absolute atomic E-state index is 7.33. The molecule has 1 rings (SSSR count). The largest absolute Gasteiger partial charge is 0.497 e. The molecule has 3 N–H and O–H groups in total. The van der Waals surface area contributed by atoms with E-state index in [9.17, 15) is 0 Å². The van der Waals surface area contributed by atoms with Crippen LogP contribution in [0.15, 0.2) is 12.1 Å². The molecule has 0 radical (unpaired) electrons. The Morgan fingerprint density at radius 2 is 2.00 bits per heavy atom. The molecule has 0 heterocycles. The summed E-state index contributed by atoms with van der Waals surface area (Å²) >= 11 is 5.90. The quantitative estimate of drug-likeness (QED) is 0.594. The summed E-state index contributed by atoms with van der Waals surface area (Å²) in [6.07, 6.45) is 0. The lowest BCUT2D eigenvalue weighted by Gasteiger charge is -2.10. The molecule has 0 aliphatic heterocycles. The van der Waals surface area contributed by atoms with Crippen molar-refractivity contribution in [2.75, 3.05) is 14.2 Å². The minimum absolute atomic E-state index is 0.109. The number of nitrogens with one attached hydrogen (secondary N) is 1. The molecule has 0 unspecified atom stereocenters. The number of benzene rings is 1. The van der Waals surface area contributed by atoms with Crippen molar-refractivity contribution in [1.82, 2.24) is 0 Å². The Kier molecular flexibility index (Phi) is 3.19. The Morgan fingerprint density at radius 3 is 2.43 bits per heavy atom. The van der Waals surface area contributed by atoms with Gasteiger partial charge in [-0.3, -0.25) is 5.41 Å². The number of methoxy groups -OCH3 is 2. The van der Waals surface area contributed by atoms with Crippen molar-refractivity contribution in [3.8, 4) is 11.5 Å². The van der Waals surface area contributed by atoms with Crippen LogP contribution in [0.5, 0.6) is 11.5 Å². The summed E-state index contributed by atoms with van der Waals surface area (Å²) in [6, 6.07) is 3.21. The van der Waals surface area contributed by atoms with Crippen LogP contribution in [0.25, 0.3) is 0 Å². The van der Waals surface area contributed by atoms with Gasteiger partial charge in [0.25, 0.3) is 0 Å². The topological polar surface area (TPSA) is 68.3 Å². The summed E-state index contributed by atoms with van der Waals surface area (Å²) in [5.41, 5.74) is 5.80. The fourth-order valence-corrected chi connectivity index (χ4v) is 1.38. The molecule has 4 nitrogen and oxygen atoms in total. The summed E-state index contributed by atoms with van der Waals surface area (Å²) in [5, 5.41) is 7.70. The first-order valence-corrected chi connectivity index (χ1v) is 4.24. The smallest absolute Gasteiger partial charge is 0.148 e. The van der Waals surface area contributed by atoms with Crippen LogP contribution in [0.2, 0.25) is 5.02 Å². The van der Waals surface area contributed by atoms with Gasteiger partial charge in [0.05, 0.1) is 24.8 Å². The molecule has 0 atom stereocenters. The van der Waals surface area contributed by atoms with E-state index in [1.54, 1.807) is 12.1 Å². The van der Waals surface area contributed by atoms with Crippen molar-refractivity contribution in [3.63, 3.8) is 0 Å². The van der Waals surface area contributed by atoms with E-state index in [1.165, 1.54) is 14.2 Å². The molecule has 1 aromatic rings. The van der Waals surface area contributed by atoms with E-state index in [4.69, 9.17) is 32.2 Å². The van der Waals surface area contributed by atoms with E-state index < -0.39 is 0 Å². The minimum atomic E-state index is -0.109. The highest BCUT2D eigenvalue weighted by molar-refractivity contribution is 6.33. The third-order valence-corrected chi connectivity index (χ3v) is 2.03. The zero-order valence-corrected chi connectivity index (χ0v) is 8.68. The van der Waals surface area contributed by atoms with Crippen molar-refractivity contribution in [2.45, 2.75) is 0 Å². The Bertz CT molecular complexity index is 366.